The molecule has 75 heavy (non-hydrogen) atoms. The van der Waals surface area contributed by atoms with Gasteiger partial charge in [-0.1, -0.05) is 91.0 Å². The summed E-state index contributed by atoms with van der Waals surface area (Å²) in [7, 11) is 0. The molecule has 9 aromatic carbocycles. The van der Waals surface area contributed by atoms with Crippen LogP contribution in [0.15, 0.2) is 191 Å². The first-order valence-electron chi connectivity index (χ1n) is 23.4. The first kappa shape index (κ1) is 45.1. The van der Waals surface area contributed by atoms with Crippen LogP contribution in [-0.4, -0.2) is 60.3 Å². The maximum atomic E-state index is 5.23. The molecule has 0 aliphatic carbocycles. The molecule has 18 heteroatoms. The number of H-pyrrole nitrogens is 2. The van der Waals surface area contributed by atoms with Crippen molar-refractivity contribution in [1.29, 1.82) is 0 Å². The molecule has 15 aromatic rings. The van der Waals surface area contributed by atoms with Gasteiger partial charge in [0.1, 0.15) is 11.0 Å². The molecule has 9 heterocycles. The van der Waals surface area contributed by atoms with Crippen molar-refractivity contribution in [2.75, 3.05) is 20.4 Å². The minimum Gasteiger partial charge on any atom is -0.454 e. The average Bonchev–Trinajstić information content (AvgIpc) is 4.29. The van der Waals surface area contributed by atoms with Gasteiger partial charge < -0.3 is 47.2 Å². The molecule has 0 atom stereocenters. The molecule has 2 N–H and O–H groups in total. The van der Waals surface area contributed by atoms with Crippen LogP contribution in [0.4, 0.5) is 0 Å². The Morgan fingerprint density at radius 3 is 1.64 bits per heavy atom. The van der Waals surface area contributed by atoms with E-state index in [9.17, 15) is 0 Å². The summed E-state index contributed by atoms with van der Waals surface area (Å²) >= 11 is 3.30. The van der Waals surface area contributed by atoms with Crippen LogP contribution in [0, 0.1) is 0 Å². The van der Waals surface area contributed by atoms with E-state index in [1.807, 2.05) is 71.7 Å². The van der Waals surface area contributed by atoms with Gasteiger partial charge in [-0.25, -0.2) is 29.9 Å². The smallest absolute Gasteiger partial charge is 0.231 e. The van der Waals surface area contributed by atoms with Gasteiger partial charge in [0.25, 0.3) is 0 Å². The summed E-state index contributed by atoms with van der Waals surface area (Å²) in [6.45, 7) is 0.913. The van der Waals surface area contributed by atoms with E-state index in [1.54, 1.807) is 47.5 Å². The van der Waals surface area contributed by atoms with E-state index >= 15 is 0 Å². The predicted octanol–water partition coefficient (Wildman–Crippen LogP) is 14.0. The Balaban J connectivity index is 0.0000000865. The van der Waals surface area contributed by atoms with Gasteiger partial charge in [0, 0.05) is 52.6 Å². The standard InChI is InChI=1S/C11H8N2.C11H7NO.C11H7NS.C8H6N2O2.C8H5NO3.C8H5NO2S/c1-2-4-9-8(3-1)5-6-10-11(9)13-7-12-10;2*1-2-4-9-8(3-1)5-6-10-11(9)12-7-13-10;2*1-5-6(10-3-9-5)2-8-7(1)11-4-12-8;1-5-8(12-3-9-5)2-7-6(1)10-4-11-7/h1-7H,(H,12,13);2*1-7H;1-3H,4H2,(H,9,10);2*1-3H,4H2. The topological polar surface area (TPSA) is 191 Å². The van der Waals surface area contributed by atoms with Crippen LogP contribution in [-0.2, 0) is 0 Å². The van der Waals surface area contributed by atoms with Crippen molar-refractivity contribution >= 4 is 120 Å². The van der Waals surface area contributed by atoms with E-state index < -0.39 is 0 Å². The molecule has 0 saturated carbocycles. The Bertz CT molecular complexity index is 3920. The number of imidazole rings is 2. The lowest BCUT2D eigenvalue weighted by molar-refractivity contribution is 0.173. The minimum atomic E-state index is 0.280. The Morgan fingerprint density at radius 2 is 0.893 bits per heavy atom. The number of benzene rings is 9. The molecule has 366 valence electrons. The molecule has 3 aliphatic rings. The van der Waals surface area contributed by atoms with E-state index in [4.69, 9.17) is 37.3 Å². The maximum absolute atomic E-state index is 5.23. The number of nitrogens with zero attached hydrogens (tertiary/aromatic N) is 6. The number of fused-ring (bicyclic) bond motifs is 15. The quantitative estimate of drug-likeness (QED) is 0.146. The highest BCUT2D eigenvalue weighted by Gasteiger charge is 2.17. The number of oxazole rings is 2. The van der Waals surface area contributed by atoms with E-state index in [-0.39, 0.29) is 6.79 Å². The molecule has 0 unspecified atom stereocenters. The van der Waals surface area contributed by atoms with Crippen molar-refractivity contribution in [2.24, 2.45) is 0 Å². The van der Waals surface area contributed by atoms with Gasteiger partial charge in [-0.15, -0.1) is 22.7 Å². The molecular weight excluding hydrogens is 989 g/mol. The van der Waals surface area contributed by atoms with Crippen LogP contribution in [0.5, 0.6) is 34.5 Å². The van der Waals surface area contributed by atoms with Gasteiger partial charge in [0.15, 0.2) is 58.5 Å². The minimum absolute atomic E-state index is 0.280. The van der Waals surface area contributed by atoms with E-state index in [0.29, 0.717) is 13.6 Å². The van der Waals surface area contributed by atoms with E-state index in [0.717, 1.165) is 99.9 Å². The second kappa shape index (κ2) is 20.0. The molecule has 0 amide bonds. The largest absolute Gasteiger partial charge is 0.454 e. The van der Waals surface area contributed by atoms with Crippen molar-refractivity contribution in [2.45, 2.75) is 0 Å². The number of thiazole rings is 2. The van der Waals surface area contributed by atoms with Crippen molar-refractivity contribution in [3.8, 4) is 34.5 Å². The summed E-state index contributed by atoms with van der Waals surface area (Å²) < 4.78 is 43.9. The van der Waals surface area contributed by atoms with Crippen LogP contribution in [0.1, 0.15) is 0 Å². The molecule has 18 rings (SSSR count). The number of rotatable bonds is 0. The average molecular weight is 1030 g/mol. The third-order valence-corrected chi connectivity index (χ3v) is 13.9. The van der Waals surface area contributed by atoms with Crippen molar-refractivity contribution < 1.29 is 37.3 Å². The third-order valence-electron chi connectivity index (χ3n) is 12.3. The Morgan fingerprint density at radius 1 is 0.360 bits per heavy atom. The molecule has 0 bridgehead atoms. The second-order valence-corrected chi connectivity index (χ2v) is 18.5. The second-order valence-electron chi connectivity index (χ2n) is 16.7. The first-order chi connectivity index (χ1) is 37.1. The van der Waals surface area contributed by atoms with Crippen molar-refractivity contribution in [3.63, 3.8) is 0 Å². The summed E-state index contributed by atoms with van der Waals surface area (Å²) in [4.78, 5) is 31.2. The van der Waals surface area contributed by atoms with Crippen LogP contribution < -0.4 is 28.4 Å². The fourth-order valence-electron chi connectivity index (χ4n) is 8.70. The van der Waals surface area contributed by atoms with Crippen LogP contribution >= 0.6 is 22.7 Å². The Labute approximate surface area is 431 Å². The fourth-order valence-corrected chi connectivity index (χ4v) is 10.1. The highest BCUT2D eigenvalue weighted by Crippen LogP contribution is 2.38. The van der Waals surface area contributed by atoms with E-state index in [2.05, 4.69) is 113 Å². The number of hydrogen-bond donors (Lipinski definition) is 2. The zero-order chi connectivity index (χ0) is 49.9. The molecule has 0 fully saturated rings. The Kier molecular flexibility index (Phi) is 12.0. The van der Waals surface area contributed by atoms with Crippen molar-refractivity contribution in [1.82, 2.24) is 39.9 Å². The zero-order valence-electron chi connectivity index (χ0n) is 39.2. The summed E-state index contributed by atoms with van der Waals surface area (Å²) in [6, 6.07) is 48.5. The molecule has 3 aliphatic heterocycles. The monoisotopic (exact) mass is 1030 g/mol. The number of aromatic amines is 2. The molecular formula is C57H38N8O8S2. The van der Waals surface area contributed by atoms with Crippen LogP contribution in [0.2, 0.25) is 0 Å². The zero-order valence-corrected chi connectivity index (χ0v) is 40.8. The number of aromatic nitrogens is 8. The fraction of sp³-hybridized carbons (Fsp3) is 0.0526. The lowest BCUT2D eigenvalue weighted by Crippen LogP contribution is -1.92. The SMILES string of the molecule is c1ccc2c(c1)ccc1[nH]cnc12.c1ccc2c(c1)ccc1ocnc12.c1ccc2c(c1)ccc1scnc12.c1nc2cc3c(cc2[nH]1)OCO3.c1nc2cc3c(cc2o1)OCO3.c1nc2cc3c(cc2s1)OCO3. The van der Waals surface area contributed by atoms with Gasteiger partial charge >= 0.3 is 0 Å². The van der Waals surface area contributed by atoms with E-state index in [1.165, 1.54) is 44.4 Å². The molecule has 16 nitrogen and oxygen atoms in total. The third kappa shape index (κ3) is 9.22. The van der Waals surface area contributed by atoms with Gasteiger partial charge in [0.05, 0.1) is 66.2 Å². The van der Waals surface area contributed by atoms with Crippen LogP contribution in [0.3, 0.4) is 0 Å². The molecule has 6 aromatic heterocycles. The number of nitrogens with one attached hydrogen (secondary N) is 2. The van der Waals surface area contributed by atoms with Crippen molar-refractivity contribution in [3.05, 3.63) is 182 Å². The lowest BCUT2D eigenvalue weighted by atomic mass is 10.1. The predicted molar refractivity (Wildman–Crippen MR) is 290 cm³/mol. The lowest BCUT2D eigenvalue weighted by Gasteiger charge is -1.96. The highest BCUT2D eigenvalue weighted by atomic mass is 32.1. The summed E-state index contributed by atoms with van der Waals surface area (Å²) in [5.41, 5.74) is 13.1. The highest BCUT2D eigenvalue weighted by molar-refractivity contribution is 7.17. The normalized spacial score (nSPS) is 12.5. The first-order valence-corrected chi connectivity index (χ1v) is 25.1. The number of hydrogen-bond acceptors (Lipinski definition) is 16. The summed E-state index contributed by atoms with van der Waals surface area (Å²) in [6.07, 6.45) is 6.27. The van der Waals surface area contributed by atoms with Gasteiger partial charge in [0.2, 0.25) is 20.4 Å². The molecule has 0 spiro atoms. The summed E-state index contributed by atoms with van der Waals surface area (Å²) in [5.74, 6) is 4.64. The van der Waals surface area contributed by atoms with Gasteiger partial charge in [-0.2, -0.15) is 0 Å². The number of ether oxygens (including phenoxy) is 6. The maximum Gasteiger partial charge on any atom is 0.231 e. The summed E-state index contributed by atoms with van der Waals surface area (Å²) in [5, 5.41) is 7.31. The molecule has 0 radical (unpaired) electrons. The molecule has 0 saturated heterocycles. The van der Waals surface area contributed by atoms with Gasteiger partial charge in [-0.05, 0) is 34.4 Å². The van der Waals surface area contributed by atoms with Gasteiger partial charge in [-0.3, -0.25) is 0 Å². The Hall–Kier alpha value is -9.78. The van der Waals surface area contributed by atoms with Crippen LogP contribution in [0.25, 0.3) is 97.0 Å².